The van der Waals surface area contributed by atoms with Crippen molar-refractivity contribution in [1.29, 1.82) is 0 Å². The van der Waals surface area contributed by atoms with Crippen molar-refractivity contribution in [3.05, 3.63) is 29.1 Å². The van der Waals surface area contributed by atoms with Gasteiger partial charge in [-0.05, 0) is 11.6 Å². The lowest BCUT2D eigenvalue weighted by Gasteiger charge is -2.39. The van der Waals surface area contributed by atoms with Crippen LogP contribution < -0.4 is 5.48 Å². The van der Waals surface area contributed by atoms with Gasteiger partial charge in [-0.1, -0.05) is 13.8 Å². The average molecular weight is 279 g/mol. The predicted octanol–water partition coefficient (Wildman–Crippen LogP) is 0.984. The summed E-state index contributed by atoms with van der Waals surface area (Å²) in [6.07, 6.45) is 2.40. The molecule has 1 fully saturated rings. The van der Waals surface area contributed by atoms with E-state index in [2.05, 4.69) is 9.88 Å². The van der Waals surface area contributed by atoms with Crippen molar-refractivity contribution in [3.8, 4) is 0 Å². The van der Waals surface area contributed by atoms with Gasteiger partial charge in [0.25, 0.3) is 5.91 Å². The normalized spacial score (nSPS) is 18.4. The Kier molecular flexibility index (Phi) is 5.05. The third-order valence-corrected chi connectivity index (χ3v) is 3.57. The monoisotopic (exact) mass is 279 g/mol. The fourth-order valence-corrected chi connectivity index (χ4v) is 2.38. The zero-order valence-corrected chi connectivity index (χ0v) is 11.9. The lowest BCUT2D eigenvalue weighted by molar-refractivity contribution is -0.0696. The Bertz CT molecular complexity index is 475. The Labute approximate surface area is 118 Å². The van der Waals surface area contributed by atoms with Crippen LogP contribution in [0.1, 0.15) is 35.5 Å². The van der Waals surface area contributed by atoms with Crippen molar-refractivity contribution >= 4 is 5.91 Å². The molecule has 1 saturated heterocycles. The summed E-state index contributed by atoms with van der Waals surface area (Å²) in [5, 5.41) is 8.63. The number of ether oxygens (including phenoxy) is 1. The zero-order valence-electron chi connectivity index (χ0n) is 11.9. The molecule has 3 rings (SSSR count). The Balaban J connectivity index is 0.000000704. The van der Waals surface area contributed by atoms with E-state index >= 15 is 0 Å². The zero-order chi connectivity index (χ0) is 14.5. The second-order valence-electron chi connectivity index (χ2n) is 4.68. The smallest absolute Gasteiger partial charge is 0.276 e. The van der Waals surface area contributed by atoms with Crippen molar-refractivity contribution in [2.24, 2.45) is 0 Å². The maximum atomic E-state index is 11.3. The fourth-order valence-electron chi connectivity index (χ4n) is 2.38. The third kappa shape index (κ3) is 2.98. The molecular formula is C14H21N3O3. The van der Waals surface area contributed by atoms with E-state index in [0.717, 1.165) is 44.0 Å². The summed E-state index contributed by atoms with van der Waals surface area (Å²) in [4.78, 5) is 18.0. The number of amides is 1. The molecule has 0 atom stereocenters. The first-order valence-corrected chi connectivity index (χ1v) is 7.02. The molecule has 0 unspecified atom stereocenters. The first-order valence-electron chi connectivity index (χ1n) is 7.02. The molecule has 2 aliphatic heterocycles. The highest BCUT2D eigenvalue weighted by molar-refractivity contribution is 5.93. The second-order valence-corrected chi connectivity index (χ2v) is 4.68. The first-order chi connectivity index (χ1) is 9.78. The molecule has 2 aliphatic rings. The van der Waals surface area contributed by atoms with Crippen LogP contribution in [0.4, 0.5) is 0 Å². The number of rotatable bonds is 2. The van der Waals surface area contributed by atoms with E-state index in [1.807, 2.05) is 13.8 Å². The summed E-state index contributed by atoms with van der Waals surface area (Å²) >= 11 is 0. The molecule has 0 aromatic carbocycles. The van der Waals surface area contributed by atoms with Crippen LogP contribution in [0.5, 0.6) is 0 Å². The standard InChI is InChI=1S/C12H15N3O3.C2H6/c16-12(14-17)8-3-9-5-15(10-6-18-7-10)2-1-11(9)13-4-8;1-2/h3-4,10,17H,1-2,5-7H2,(H,14,16);1-2H3. The number of nitrogens with one attached hydrogen (secondary N) is 1. The highest BCUT2D eigenvalue weighted by Crippen LogP contribution is 2.22. The molecule has 2 N–H and O–H groups in total. The minimum atomic E-state index is -0.519. The van der Waals surface area contributed by atoms with Crippen molar-refractivity contribution in [1.82, 2.24) is 15.4 Å². The molecule has 6 nitrogen and oxygen atoms in total. The summed E-state index contributed by atoms with van der Waals surface area (Å²) in [6.45, 7) is 7.36. The minimum absolute atomic E-state index is 0.392. The van der Waals surface area contributed by atoms with E-state index < -0.39 is 5.91 Å². The summed E-state index contributed by atoms with van der Waals surface area (Å²) in [7, 11) is 0. The molecule has 0 aliphatic carbocycles. The Morgan fingerprint density at radius 3 is 2.85 bits per heavy atom. The van der Waals surface area contributed by atoms with Crippen LogP contribution in [0.2, 0.25) is 0 Å². The molecule has 0 radical (unpaired) electrons. The number of pyridine rings is 1. The van der Waals surface area contributed by atoms with Gasteiger partial charge in [-0.2, -0.15) is 0 Å². The Morgan fingerprint density at radius 2 is 2.25 bits per heavy atom. The molecule has 1 amide bonds. The summed E-state index contributed by atoms with van der Waals surface area (Å²) in [5.41, 5.74) is 4.13. The van der Waals surface area contributed by atoms with Crippen molar-refractivity contribution in [3.63, 3.8) is 0 Å². The molecule has 110 valence electrons. The number of nitrogens with zero attached hydrogens (tertiary/aromatic N) is 2. The molecule has 1 aromatic rings. The van der Waals surface area contributed by atoms with Gasteiger partial charge < -0.3 is 4.74 Å². The van der Waals surface area contributed by atoms with Gasteiger partial charge in [-0.25, -0.2) is 5.48 Å². The third-order valence-electron chi connectivity index (χ3n) is 3.57. The van der Waals surface area contributed by atoms with Crippen LogP contribution in [-0.2, 0) is 17.7 Å². The maximum Gasteiger partial charge on any atom is 0.276 e. The molecule has 0 spiro atoms. The van der Waals surface area contributed by atoms with E-state index in [0.29, 0.717) is 11.6 Å². The van der Waals surface area contributed by atoms with Gasteiger partial charge in [0.05, 0.1) is 24.8 Å². The number of hydrogen-bond acceptors (Lipinski definition) is 5. The van der Waals surface area contributed by atoms with Crippen LogP contribution in [0.15, 0.2) is 12.3 Å². The summed E-state index contributed by atoms with van der Waals surface area (Å²) in [5.74, 6) is -0.519. The van der Waals surface area contributed by atoms with Gasteiger partial charge in [0.1, 0.15) is 0 Å². The lowest BCUT2D eigenvalue weighted by Crippen LogP contribution is -2.50. The van der Waals surface area contributed by atoms with Crippen LogP contribution in [-0.4, -0.2) is 46.8 Å². The van der Waals surface area contributed by atoms with E-state index in [1.54, 1.807) is 11.5 Å². The largest absolute Gasteiger partial charge is 0.378 e. The van der Waals surface area contributed by atoms with Gasteiger partial charge in [0.2, 0.25) is 0 Å². The van der Waals surface area contributed by atoms with Crippen LogP contribution >= 0.6 is 0 Å². The maximum absolute atomic E-state index is 11.3. The van der Waals surface area contributed by atoms with Crippen molar-refractivity contribution in [2.45, 2.75) is 32.9 Å². The van der Waals surface area contributed by atoms with Gasteiger partial charge in [0.15, 0.2) is 0 Å². The predicted molar refractivity (Wildman–Crippen MR) is 73.6 cm³/mol. The summed E-state index contributed by atoms with van der Waals surface area (Å²) in [6, 6.07) is 2.30. The minimum Gasteiger partial charge on any atom is -0.378 e. The molecule has 0 saturated carbocycles. The van der Waals surface area contributed by atoms with Gasteiger partial charge in [0, 0.05) is 31.4 Å². The van der Waals surface area contributed by atoms with Crippen molar-refractivity contribution in [2.75, 3.05) is 19.8 Å². The molecular weight excluding hydrogens is 258 g/mol. The topological polar surface area (TPSA) is 74.7 Å². The Hall–Kier alpha value is -1.50. The number of hydroxylamine groups is 1. The summed E-state index contributed by atoms with van der Waals surface area (Å²) < 4.78 is 5.20. The van der Waals surface area contributed by atoms with E-state index in [-0.39, 0.29) is 0 Å². The number of aromatic nitrogens is 1. The molecule has 20 heavy (non-hydrogen) atoms. The second kappa shape index (κ2) is 6.78. The number of carbonyl (C=O) groups is 1. The van der Waals surface area contributed by atoms with E-state index in [4.69, 9.17) is 9.94 Å². The molecule has 6 heteroatoms. The SMILES string of the molecule is CC.O=C(NO)c1cnc2c(c1)CN(C1COC1)CC2. The number of carbonyl (C=O) groups excluding carboxylic acids is 1. The quantitative estimate of drug-likeness (QED) is 0.623. The molecule has 1 aromatic heterocycles. The Morgan fingerprint density at radius 1 is 1.50 bits per heavy atom. The van der Waals surface area contributed by atoms with E-state index in [9.17, 15) is 4.79 Å². The van der Waals surface area contributed by atoms with Gasteiger partial charge in [-0.3, -0.25) is 19.9 Å². The van der Waals surface area contributed by atoms with Crippen LogP contribution in [0.25, 0.3) is 0 Å². The van der Waals surface area contributed by atoms with Gasteiger partial charge >= 0.3 is 0 Å². The highest BCUT2D eigenvalue weighted by Gasteiger charge is 2.29. The van der Waals surface area contributed by atoms with E-state index in [1.165, 1.54) is 6.20 Å². The first kappa shape index (κ1) is 14.9. The fraction of sp³-hybridized carbons (Fsp3) is 0.571. The molecule has 3 heterocycles. The highest BCUT2D eigenvalue weighted by atomic mass is 16.5. The van der Waals surface area contributed by atoms with Gasteiger partial charge in [-0.15, -0.1) is 0 Å². The van der Waals surface area contributed by atoms with Crippen LogP contribution in [0, 0.1) is 0 Å². The molecule has 0 bridgehead atoms. The average Bonchev–Trinajstić information content (AvgIpc) is 2.46. The van der Waals surface area contributed by atoms with Crippen LogP contribution in [0.3, 0.4) is 0 Å². The number of fused-ring (bicyclic) bond motifs is 1. The number of hydrogen-bond donors (Lipinski definition) is 2. The lowest BCUT2D eigenvalue weighted by atomic mass is 10.0. The van der Waals surface area contributed by atoms with Crippen molar-refractivity contribution < 1.29 is 14.7 Å².